The molecule has 1 aromatic rings. The third-order valence-corrected chi connectivity index (χ3v) is 2.92. The lowest BCUT2D eigenvalue weighted by molar-refractivity contribution is -0.116. The summed E-state index contributed by atoms with van der Waals surface area (Å²) in [7, 11) is 0. The molecule has 0 aliphatic rings. The molecule has 18 heavy (non-hydrogen) atoms. The highest BCUT2D eigenvalue weighted by Crippen LogP contribution is 2.23. The van der Waals surface area contributed by atoms with Crippen LogP contribution < -0.4 is 11.1 Å². The average Bonchev–Trinajstić information content (AvgIpc) is 2.28. The first kappa shape index (κ1) is 14.7. The molecule has 0 aliphatic carbocycles. The minimum absolute atomic E-state index is 0.0729. The minimum Gasteiger partial charge on any atom is -0.328 e. The topological polar surface area (TPSA) is 55.1 Å². The van der Waals surface area contributed by atoms with Crippen molar-refractivity contribution in [2.75, 3.05) is 5.32 Å². The van der Waals surface area contributed by atoms with Gasteiger partial charge in [0.15, 0.2) is 0 Å². The van der Waals surface area contributed by atoms with Gasteiger partial charge >= 0.3 is 0 Å². The Bertz CT molecular complexity index is 386. The summed E-state index contributed by atoms with van der Waals surface area (Å²) in [4.78, 5) is 11.8. The fourth-order valence-corrected chi connectivity index (χ4v) is 1.91. The van der Waals surface area contributed by atoms with Gasteiger partial charge in [0.1, 0.15) is 0 Å². The molecule has 0 radical (unpaired) electrons. The largest absolute Gasteiger partial charge is 0.328 e. The number of nitrogens with one attached hydrogen (secondary N) is 1. The van der Waals surface area contributed by atoms with E-state index in [4.69, 9.17) is 5.73 Å². The summed E-state index contributed by atoms with van der Waals surface area (Å²) in [6, 6.07) is 8.13. The van der Waals surface area contributed by atoms with E-state index in [1.165, 1.54) is 5.56 Å². The van der Waals surface area contributed by atoms with E-state index >= 15 is 0 Å². The van der Waals surface area contributed by atoms with Gasteiger partial charge in [-0.15, -0.1) is 0 Å². The van der Waals surface area contributed by atoms with Gasteiger partial charge in [-0.3, -0.25) is 4.79 Å². The Morgan fingerprint density at radius 2 is 1.94 bits per heavy atom. The van der Waals surface area contributed by atoms with Gasteiger partial charge in [0, 0.05) is 18.2 Å². The first-order valence-corrected chi connectivity index (χ1v) is 6.65. The van der Waals surface area contributed by atoms with Crippen molar-refractivity contribution >= 4 is 11.6 Å². The summed E-state index contributed by atoms with van der Waals surface area (Å²) < 4.78 is 0. The molecule has 1 amide bonds. The van der Waals surface area contributed by atoms with Crippen LogP contribution >= 0.6 is 0 Å². The number of hydrogen-bond donors (Lipinski definition) is 2. The summed E-state index contributed by atoms with van der Waals surface area (Å²) in [5, 5.41) is 2.99. The highest BCUT2D eigenvalue weighted by atomic mass is 16.1. The van der Waals surface area contributed by atoms with Crippen LogP contribution in [0.5, 0.6) is 0 Å². The van der Waals surface area contributed by atoms with Gasteiger partial charge in [0.05, 0.1) is 0 Å². The number of nitrogens with two attached hydrogens (primary N) is 1. The molecule has 0 saturated heterocycles. The molecule has 3 N–H and O–H groups in total. The Kier molecular flexibility index (Phi) is 5.86. The monoisotopic (exact) mass is 248 g/mol. The molecule has 0 fully saturated rings. The molecule has 1 rings (SSSR count). The van der Waals surface area contributed by atoms with Gasteiger partial charge in [0.2, 0.25) is 5.91 Å². The zero-order valence-electron chi connectivity index (χ0n) is 11.6. The molecule has 0 heterocycles. The molecule has 1 atom stereocenters. The summed E-state index contributed by atoms with van der Waals surface area (Å²) in [5.74, 6) is 0.481. The number of carbonyl (C=O) groups is 1. The number of amides is 1. The number of anilines is 1. The van der Waals surface area contributed by atoms with E-state index in [0.717, 1.165) is 18.5 Å². The van der Waals surface area contributed by atoms with Gasteiger partial charge < -0.3 is 11.1 Å². The van der Waals surface area contributed by atoms with Crippen molar-refractivity contribution in [3.8, 4) is 0 Å². The van der Waals surface area contributed by atoms with E-state index in [2.05, 4.69) is 25.2 Å². The summed E-state index contributed by atoms with van der Waals surface area (Å²) in [6.07, 6.45) is 2.26. The van der Waals surface area contributed by atoms with Crippen molar-refractivity contribution in [2.24, 2.45) is 5.73 Å². The van der Waals surface area contributed by atoms with E-state index in [0.29, 0.717) is 12.3 Å². The van der Waals surface area contributed by atoms with E-state index in [1.54, 1.807) is 0 Å². The maximum Gasteiger partial charge on any atom is 0.224 e. The molecule has 100 valence electrons. The third-order valence-electron chi connectivity index (χ3n) is 2.92. The normalized spacial score (nSPS) is 12.5. The third kappa shape index (κ3) is 4.88. The quantitative estimate of drug-likeness (QED) is 0.811. The predicted molar refractivity (Wildman–Crippen MR) is 76.7 cm³/mol. The highest BCUT2D eigenvalue weighted by Gasteiger charge is 2.09. The van der Waals surface area contributed by atoms with Crippen LogP contribution in [0.4, 0.5) is 5.69 Å². The van der Waals surface area contributed by atoms with Crippen LogP contribution in [0.3, 0.4) is 0 Å². The average molecular weight is 248 g/mol. The number of carbonyl (C=O) groups excluding carboxylic acids is 1. The van der Waals surface area contributed by atoms with Crippen molar-refractivity contribution < 1.29 is 4.79 Å². The summed E-state index contributed by atoms with van der Waals surface area (Å²) in [5.41, 5.74) is 7.77. The number of hydrogen-bond acceptors (Lipinski definition) is 2. The molecule has 0 aliphatic heterocycles. The number of para-hydroxylation sites is 1. The molecule has 3 heteroatoms. The summed E-state index contributed by atoms with van der Waals surface area (Å²) >= 11 is 0. The molecule has 0 aromatic heterocycles. The molecular formula is C15H24N2O. The van der Waals surface area contributed by atoms with Crippen molar-refractivity contribution in [1.82, 2.24) is 0 Å². The first-order chi connectivity index (χ1) is 8.50. The van der Waals surface area contributed by atoms with Crippen LogP contribution in [0, 0.1) is 0 Å². The van der Waals surface area contributed by atoms with Crippen molar-refractivity contribution in [1.29, 1.82) is 0 Å². The van der Waals surface area contributed by atoms with Gasteiger partial charge in [-0.1, -0.05) is 32.0 Å². The second-order valence-electron chi connectivity index (χ2n) is 5.16. The minimum atomic E-state index is 0.0729. The highest BCUT2D eigenvalue weighted by molar-refractivity contribution is 5.91. The van der Waals surface area contributed by atoms with Gasteiger partial charge in [-0.2, -0.15) is 0 Å². The van der Waals surface area contributed by atoms with Crippen molar-refractivity contribution in [3.05, 3.63) is 29.8 Å². The van der Waals surface area contributed by atoms with E-state index in [1.807, 2.05) is 25.1 Å². The van der Waals surface area contributed by atoms with Gasteiger partial charge in [-0.05, 0) is 37.3 Å². The zero-order valence-corrected chi connectivity index (χ0v) is 11.6. The van der Waals surface area contributed by atoms with Crippen molar-refractivity contribution in [3.63, 3.8) is 0 Å². The Balaban J connectivity index is 2.54. The van der Waals surface area contributed by atoms with Crippen LogP contribution in [0.15, 0.2) is 24.3 Å². The fraction of sp³-hybridized carbons (Fsp3) is 0.533. The Morgan fingerprint density at radius 1 is 1.28 bits per heavy atom. The number of benzene rings is 1. The predicted octanol–water partition coefficient (Wildman–Crippen LogP) is 3.27. The molecule has 0 spiro atoms. The lowest BCUT2D eigenvalue weighted by atomic mass is 10.0. The van der Waals surface area contributed by atoms with E-state index in [-0.39, 0.29) is 11.9 Å². The van der Waals surface area contributed by atoms with Crippen molar-refractivity contribution in [2.45, 2.75) is 52.0 Å². The molecule has 1 aromatic carbocycles. The van der Waals surface area contributed by atoms with Crippen LogP contribution in [-0.4, -0.2) is 11.9 Å². The zero-order chi connectivity index (χ0) is 13.5. The van der Waals surface area contributed by atoms with Crippen LogP contribution in [-0.2, 0) is 4.79 Å². The first-order valence-electron chi connectivity index (χ1n) is 6.65. The van der Waals surface area contributed by atoms with E-state index in [9.17, 15) is 4.79 Å². The number of rotatable bonds is 6. The molecular weight excluding hydrogens is 224 g/mol. The maximum absolute atomic E-state index is 11.8. The smallest absolute Gasteiger partial charge is 0.224 e. The SMILES string of the molecule is CC(N)CCCC(=O)Nc1ccccc1C(C)C. The second-order valence-corrected chi connectivity index (χ2v) is 5.16. The maximum atomic E-state index is 11.8. The molecule has 3 nitrogen and oxygen atoms in total. The van der Waals surface area contributed by atoms with Gasteiger partial charge in [-0.25, -0.2) is 0 Å². The second kappa shape index (κ2) is 7.17. The Labute approximate surface area is 110 Å². The lowest BCUT2D eigenvalue weighted by Crippen LogP contribution is -2.17. The summed E-state index contributed by atoms with van der Waals surface area (Å²) in [6.45, 7) is 6.22. The fourth-order valence-electron chi connectivity index (χ4n) is 1.91. The Morgan fingerprint density at radius 3 is 2.56 bits per heavy atom. The van der Waals surface area contributed by atoms with Gasteiger partial charge in [0.25, 0.3) is 0 Å². The molecule has 0 bridgehead atoms. The standard InChI is InChI=1S/C15H24N2O/c1-11(2)13-8-4-5-9-14(13)17-15(18)10-6-7-12(3)16/h4-5,8-9,11-12H,6-7,10,16H2,1-3H3,(H,17,18). The van der Waals surface area contributed by atoms with E-state index < -0.39 is 0 Å². The van der Waals surface area contributed by atoms with Crippen LogP contribution in [0.2, 0.25) is 0 Å². The molecule has 1 unspecified atom stereocenters. The molecule has 0 saturated carbocycles. The lowest BCUT2D eigenvalue weighted by Gasteiger charge is -2.13. The van der Waals surface area contributed by atoms with Crippen LogP contribution in [0.25, 0.3) is 0 Å². The van der Waals surface area contributed by atoms with Crippen LogP contribution in [0.1, 0.15) is 51.5 Å². The Hall–Kier alpha value is -1.35.